The topological polar surface area (TPSA) is 101 Å². The minimum absolute atomic E-state index is 0.0956. The van der Waals surface area contributed by atoms with Gasteiger partial charge in [-0.2, -0.15) is 5.10 Å². The predicted molar refractivity (Wildman–Crippen MR) is 104 cm³/mol. The number of carboxylic acid groups (broad SMARTS) is 1. The van der Waals surface area contributed by atoms with Crippen molar-refractivity contribution in [3.8, 4) is 34.6 Å². The van der Waals surface area contributed by atoms with E-state index in [1.165, 1.54) is 6.07 Å². The number of aliphatic hydroxyl groups is 1. The van der Waals surface area contributed by atoms with Gasteiger partial charge < -0.3 is 10.2 Å². The number of benzene rings is 1. The van der Waals surface area contributed by atoms with Crippen LogP contribution in [0.5, 0.6) is 0 Å². The van der Waals surface area contributed by atoms with Crippen molar-refractivity contribution in [3.05, 3.63) is 53.9 Å². The minimum atomic E-state index is -1.13. The molecule has 0 amide bonds. The second-order valence-corrected chi connectivity index (χ2v) is 6.07. The Labute approximate surface area is 162 Å². The third-order valence-electron chi connectivity index (χ3n) is 4.11. The second-order valence-electron chi connectivity index (χ2n) is 6.07. The van der Waals surface area contributed by atoms with Gasteiger partial charge in [-0.25, -0.2) is 14.8 Å². The largest absolute Gasteiger partial charge is 0.477 e. The first kappa shape index (κ1) is 19.3. The van der Waals surface area contributed by atoms with Gasteiger partial charge in [-0.1, -0.05) is 30.9 Å². The fourth-order valence-electron chi connectivity index (χ4n) is 2.62. The lowest BCUT2D eigenvalue weighted by Crippen LogP contribution is -2.06. The van der Waals surface area contributed by atoms with E-state index in [1.54, 1.807) is 35.1 Å². The Balaban J connectivity index is 2.09. The van der Waals surface area contributed by atoms with Crippen LogP contribution >= 0.6 is 0 Å². The Bertz CT molecular complexity index is 1060. The van der Waals surface area contributed by atoms with E-state index >= 15 is 0 Å². The quantitative estimate of drug-likeness (QED) is 0.664. The number of aromatic carboxylic acids is 1. The molecular formula is C21H20N4O3. The fraction of sp³-hybridized carbons (Fsp3) is 0.238. The monoisotopic (exact) mass is 376 g/mol. The minimum Gasteiger partial charge on any atom is -0.477 e. The number of hydrogen-bond donors (Lipinski definition) is 2. The van der Waals surface area contributed by atoms with Gasteiger partial charge in [0, 0.05) is 23.9 Å². The molecule has 7 nitrogen and oxygen atoms in total. The Morgan fingerprint density at radius 2 is 2.04 bits per heavy atom. The molecule has 2 heterocycles. The molecule has 0 saturated carbocycles. The number of aliphatic hydroxyl groups excluding tert-OH is 1. The fourth-order valence-corrected chi connectivity index (χ4v) is 2.62. The van der Waals surface area contributed by atoms with E-state index in [1.807, 2.05) is 19.9 Å². The number of aromatic nitrogens is 4. The summed E-state index contributed by atoms with van der Waals surface area (Å²) in [6, 6.07) is 10.4. The van der Waals surface area contributed by atoms with Crippen LogP contribution in [0.1, 0.15) is 36.3 Å². The molecule has 1 aromatic carbocycles. The van der Waals surface area contributed by atoms with E-state index in [0.717, 1.165) is 5.69 Å². The van der Waals surface area contributed by atoms with Gasteiger partial charge in [-0.05, 0) is 37.6 Å². The lowest BCUT2D eigenvalue weighted by Gasteiger charge is -2.08. The van der Waals surface area contributed by atoms with E-state index in [4.69, 9.17) is 0 Å². The lowest BCUT2D eigenvalue weighted by atomic mass is 10.1. The van der Waals surface area contributed by atoms with E-state index in [0.29, 0.717) is 35.6 Å². The third kappa shape index (κ3) is 4.24. The van der Waals surface area contributed by atoms with Crippen molar-refractivity contribution < 1.29 is 15.0 Å². The summed E-state index contributed by atoms with van der Waals surface area (Å²) >= 11 is 0. The highest BCUT2D eigenvalue weighted by Crippen LogP contribution is 2.23. The molecule has 0 fully saturated rings. The van der Waals surface area contributed by atoms with E-state index in [-0.39, 0.29) is 5.69 Å². The second kappa shape index (κ2) is 8.46. The normalized spacial score (nSPS) is 11.5. The molecule has 142 valence electrons. The molecule has 2 aromatic heterocycles. The maximum Gasteiger partial charge on any atom is 0.354 e. The molecule has 2 N–H and O–H groups in total. The highest BCUT2D eigenvalue weighted by atomic mass is 16.4. The first-order valence-corrected chi connectivity index (χ1v) is 8.96. The van der Waals surface area contributed by atoms with Gasteiger partial charge in [0.15, 0.2) is 11.5 Å². The van der Waals surface area contributed by atoms with Gasteiger partial charge in [0.05, 0.1) is 11.4 Å². The molecule has 0 aliphatic rings. The van der Waals surface area contributed by atoms with Crippen LogP contribution < -0.4 is 0 Å². The Kier molecular flexibility index (Phi) is 5.82. The van der Waals surface area contributed by atoms with Gasteiger partial charge in [0.2, 0.25) is 0 Å². The van der Waals surface area contributed by atoms with E-state index < -0.39 is 12.1 Å². The van der Waals surface area contributed by atoms with Crippen molar-refractivity contribution in [3.63, 3.8) is 0 Å². The van der Waals surface area contributed by atoms with Crippen LogP contribution in [0, 0.1) is 11.8 Å². The van der Waals surface area contributed by atoms with E-state index in [2.05, 4.69) is 26.9 Å². The van der Waals surface area contributed by atoms with Crippen LogP contribution in [0.3, 0.4) is 0 Å². The number of carboxylic acids is 1. The zero-order chi connectivity index (χ0) is 20.1. The summed E-state index contributed by atoms with van der Waals surface area (Å²) in [7, 11) is 0. The molecule has 3 rings (SSSR count). The molecule has 0 radical (unpaired) electrons. The predicted octanol–water partition coefficient (Wildman–Crippen LogP) is 2.85. The molecule has 1 unspecified atom stereocenters. The zero-order valence-electron chi connectivity index (χ0n) is 15.6. The molecule has 7 heteroatoms. The Hall–Kier alpha value is -3.50. The lowest BCUT2D eigenvalue weighted by molar-refractivity contribution is 0.0690. The maximum atomic E-state index is 11.6. The summed E-state index contributed by atoms with van der Waals surface area (Å²) in [6.07, 6.45) is 1.51. The highest BCUT2D eigenvalue weighted by molar-refractivity contribution is 5.87. The molecule has 3 aromatic rings. The van der Waals surface area contributed by atoms with Gasteiger partial charge in [-0.15, -0.1) is 0 Å². The van der Waals surface area contributed by atoms with E-state index in [9.17, 15) is 15.0 Å². The smallest absolute Gasteiger partial charge is 0.354 e. The highest BCUT2D eigenvalue weighted by Gasteiger charge is 2.15. The van der Waals surface area contributed by atoms with Crippen molar-refractivity contribution in [1.82, 2.24) is 19.7 Å². The number of hydrogen-bond acceptors (Lipinski definition) is 5. The molecule has 0 saturated heterocycles. The van der Waals surface area contributed by atoms with Crippen molar-refractivity contribution in [1.29, 1.82) is 0 Å². The molecule has 1 atom stereocenters. The molecule has 0 aliphatic carbocycles. The summed E-state index contributed by atoms with van der Waals surface area (Å²) in [4.78, 5) is 20.3. The molecule has 28 heavy (non-hydrogen) atoms. The number of aryl methyl sites for hydroxylation is 1. The number of nitrogens with zero attached hydrogens (tertiary/aromatic N) is 4. The summed E-state index contributed by atoms with van der Waals surface area (Å²) in [5.74, 6) is 4.84. The van der Waals surface area contributed by atoms with Gasteiger partial charge >= 0.3 is 5.97 Å². The summed E-state index contributed by atoms with van der Waals surface area (Å²) < 4.78 is 1.74. The van der Waals surface area contributed by atoms with Crippen LogP contribution in [0.4, 0.5) is 0 Å². The number of carbonyl (C=O) groups is 1. The first-order valence-electron chi connectivity index (χ1n) is 8.96. The summed E-state index contributed by atoms with van der Waals surface area (Å²) in [5.41, 5.74) is 2.44. The number of rotatable bonds is 5. The van der Waals surface area contributed by atoms with Crippen LogP contribution in [-0.2, 0) is 6.54 Å². The molecule has 0 spiro atoms. The zero-order valence-corrected chi connectivity index (χ0v) is 15.6. The van der Waals surface area contributed by atoms with Crippen LogP contribution in [0.25, 0.3) is 22.8 Å². The maximum absolute atomic E-state index is 11.6. The average molecular weight is 376 g/mol. The SMILES string of the molecule is CCC(O)C#Cc1cccc(-c2nc(C(=O)O)cc(-c3ccnn3CC)n2)c1. The van der Waals surface area contributed by atoms with Gasteiger partial charge in [-0.3, -0.25) is 4.68 Å². The van der Waals surface area contributed by atoms with Crippen molar-refractivity contribution in [2.75, 3.05) is 0 Å². The van der Waals surface area contributed by atoms with Crippen LogP contribution in [0.15, 0.2) is 42.6 Å². The van der Waals surface area contributed by atoms with Crippen molar-refractivity contribution in [2.24, 2.45) is 0 Å². The standard InChI is InChI=1S/C21H20N4O3/c1-3-16(26)9-8-14-6-5-7-15(12-14)20-23-17(13-18(24-20)21(27)28)19-10-11-22-25(19)4-2/h5-7,10-13,16,26H,3-4H2,1-2H3,(H,27,28). The summed E-state index contributed by atoms with van der Waals surface area (Å²) in [5, 5.41) is 23.3. The van der Waals surface area contributed by atoms with Gasteiger partial charge in [0.25, 0.3) is 0 Å². The Morgan fingerprint density at radius 1 is 1.21 bits per heavy atom. The first-order chi connectivity index (χ1) is 13.5. The molecular weight excluding hydrogens is 356 g/mol. The molecule has 0 bridgehead atoms. The van der Waals surface area contributed by atoms with Crippen LogP contribution in [-0.4, -0.2) is 42.0 Å². The van der Waals surface area contributed by atoms with Crippen molar-refractivity contribution in [2.45, 2.75) is 32.9 Å². The summed E-state index contributed by atoms with van der Waals surface area (Å²) in [6.45, 7) is 4.43. The Morgan fingerprint density at radius 3 is 2.75 bits per heavy atom. The third-order valence-corrected chi connectivity index (χ3v) is 4.11. The van der Waals surface area contributed by atoms with Gasteiger partial charge in [0.1, 0.15) is 6.10 Å². The average Bonchev–Trinajstić information content (AvgIpc) is 3.20. The van der Waals surface area contributed by atoms with Crippen LogP contribution in [0.2, 0.25) is 0 Å². The van der Waals surface area contributed by atoms with Crippen molar-refractivity contribution >= 4 is 5.97 Å². The molecule has 0 aliphatic heterocycles.